The van der Waals surface area contributed by atoms with Crippen molar-refractivity contribution in [2.24, 2.45) is 0 Å². The molecule has 0 bridgehead atoms. The number of nitrogens with zero attached hydrogens (tertiary/aromatic N) is 3. The molecule has 0 unspecified atom stereocenters. The van der Waals surface area contributed by atoms with Crippen LogP contribution in [0.2, 0.25) is 0 Å². The monoisotopic (exact) mass is 456 g/mol. The number of aromatic nitrogens is 1. The lowest BCUT2D eigenvalue weighted by molar-refractivity contribution is -0.274. The number of amides is 3. The molecule has 3 amide bonds. The van der Waals surface area contributed by atoms with E-state index in [1.54, 1.807) is 18.1 Å². The Bertz CT molecular complexity index is 1260. The number of hydrogen-bond acceptors (Lipinski definition) is 5. The first-order chi connectivity index (χ1) is 15.7. The zero-order chi connectivity index (χ0) is 23.4. The number of imide groups is 1. The second-order valence-corrected chi connectivity index (χ2v) is 8.00. The minimum atomic E-state index is -4.83. The number of urea groups is 1. The van der Waals surface area contributed by atoms with Crippen molar-refractivity contribution < 1.29 is 27.5 Å². The number of anilines is 2. The summed E-state index contributed by atoms with van der Waals surface area (Å²) >= 11 is 0. The quantitative estimate of drug-likeness (QED) is 0.565. The normalized spacial score (nSPS) is 17.2. The summed E-state index contributed by atoms with van der Waals surface area (Å²) in [5.74, 6) is -0.799. The molecule has 1 aliphatic carbocycles. The summed E-state index contributed by atoms with van der Waals surface area (Å²) in [4.78, 5) is 33.7. The van der Waals surface area contributed by atoms with Crippen LogP contribution in [0, 0.1) is 0 Å². The van der Waals surface area contributed by atoms with Gasteiger partial charge in [0.2, 0.25) is 0 Å². The molecule has 2 aromatic carbocycles. The molecule has 10 heteroatoms. The molecule has 1 saturated carbocycles. The number of carbonyl (C=O) groups is 2. The van der Waals surface area contributed by atoms with E-state index in [0.717, 1.165) is 39.2 Å². The number of rotatable bonds is 5. The maximum atomic E-state index is 13.4. The molecule has 0 atom stereocenters. The van der Waals surface area contributed by atoms with Gasteiger partial charge in [-0.25, -0.2) is 9.69 Å². The first-order valence-corrected chi connectivity index (χ1v) is 10.3. The highest BCUT2D eigenvalue weighted by Crippen LogP contribution is 2.50. The maximum absolute atomic E-state index is 13.4. The smallest absolute Gasteiger partial charge is 0.406 e. The van der Waals surface area contributed by atoms with E-state index in [1.807, 2.05) is 24.3 Å². The zero-order valence-corrected chi connectivity index (χ0v) is 17.5. The molecule has 0 radical (unpaired) electrons. The van der Waals surface area contributed by atoms with Gasteiger partial charge in [0.25, 0.3) is 5.91 Å². The maximum Gasteiger partial charge on any atom is 0.573 e. The van der Waals surface area contributed by atoms with Gasteiger partial charge in [0.1, 0.15) is 11.3 Å². The van der Waals surface area contributed by atoms with Gasteiger partial charge in [0, 0.05) is 18.0 Å². The third kappa shape index (κ3) is 3.51. The summed E-state index contributed by atoms with van der Waals surface area (Å²) in [6, 6.07) is 11.8. The van der Waals surface area contributed by atoms with E-state index in [-0.39, 0.29) is 18.1 Å². The number of alkyl halides is 3. The highest BCUT2D eigenvalue weighted by molar-refractivity contribution is 6.24. The molecule has 170 valence electrons. The molecule has 3 aromatic rings. The van der Waals surface area contributed by atoms with Gasteiger partial charge in [-0.1, -0.05) is 18.2 Å². The first-order valence-electron chi connectivity index (χ1n) is 10.3. The highest BCUT2D eigenvalue weighted by Gasteiger charge is 2.65. The molecule has 2 heterocycles. The molecule has 2 aliphatic rings. The summed E-state index contributed by atoms with van der Waals surface area (Å²) < 4.78 is 41.2. The van der Waals surface area contributed by atoms with Crippen molar-refractivity contribution in [2.45, 2.75) is 31.3 Å². The Labute approximate surface area is 186 Å². The van der Waals surface area contributed by atoms with E-state index in [9.17, 15) is 22.8 Å². The van der Waals surface area contributed by atoms with Crippen LogP contribution in [0.15, 0.2) is 54.7 Å². The minimum Gasteiger partial charge on any atom is -0.406 e. The van der Waals surface area contributed by atoms with Crippen LogP contribution in [-0.4, -0.2) is 40.8 Å². The summed E-state index contributed by atoms with van der Waals surface area (Å²) in [6.45, 7) is 0.190. The van der Waals surface area contributed by atoms with Crippen LogP contribution in [0.3, 0.4) is 0 Å². The summed E-state index contributed by atoms with van der Waals surface area (Å²) in [5.41, 5.74) is 1.62. The van der Waals surface area contributed by atoms with E-state index in [2.05, 4.69) is 15.0 Å². The van der Waals surface area contributed by atoms with Gasteiger partial charge in [0.05, 0.1) is 29.6 Å². The number of nitrogens with one attached hydrogen (secondary N) is 1. The molecular weight excluding hydrogens is 437 g/mol. The Hall–Kier alpha value is -3.82. The lowest BCUT2D eigenvalue weighted by atomic mass is 10.1. The predicted octanol–water partition coefficient (Wildman–Crippen LogP) is 4.68. The fourth-order valence-electron chi connectivity index (χ4n) is 4.30. The van der Waals surface area contributed by atoms with Crippen molar-refractivity contribution in [3.05, 3.63) is 60.3 Å². The van der Waals surface area contributed by atoms with Crippen LogP contribution < -0.4 is 15.0 Å². The van der Waals surface area contributed by atoms with Crippen molar-refractivity contribution >= 4 is 34.2 Å². The molecule has 2 fully saturated rings. The van der Waals surface area contributed by atoms with Gasteiger partial charge < -0.3 is 15.0 Å². The topological polar surface area (TPSA) is 74.8 Å². The van der Waals surface area contributed by atoms with Crippen molar-refractivity contribution in [1.82, 2.24) is 9.88 Å². The van der Waals surface area contributed by atoms with Gasteiger partial charge in [0.15, 0.2) is 0 Å². The highest BCUT2D eigenvalue weighted by atomic mass is 19.4. The van der Waals surface area contributed by atoms with Gasteiger partial charge in [-0.2, -0.15) is 0 Å². The number of ether oxygens (including phenoxy) is 1. The third-order valence-electron chi connectivity index (χ3n) is 6.06. The zero-order valence-electron chi connectivity index (χ0n) is 17.5. The van der Waals surface area contributed by atoms with Crippen LogP contribution in [0.4, 0.5) is 29.3 Å². The average molecular weight is 456 g/mol. The number of carbonyl (C=O) groups excluding carboxylic acids is 2. The number of hydrogen-bond donors (Lipinski definition) is 1. The van der Waals surface area contributed by atoms with Crippen LogP contribution in [0.1, 0.15) is 18.4 Å². The molecule has 33 heavy (non-hydrogen) atoms. The molecule has 5 rings (SSSR count). The van der Waals surface area contributed by atoms with Crippen molar-refractivity contribution in [2.75, 3.05) is 17.3 Å². The lowest BCUT2D eigenvalue weighted by Gasteiger charge is -2.23. The van der Waals surface area contributed by atoms with Crippen LogP contribution >= 0.6 is 0 Å². The lowest BCUT2D eigenvalue weighted by Crippen LogP contribution is -2.36. The van der Waals surface area contributed by atoms with Crippen molar-refractivity contribution in [3.8, 4) is 5.75 Å². The Morgan fingerprint density at radius 1 is 1.09 bits per heavy atom. The van der Waals surface area contributed by atoms with E-state index >= 15 is 0 Å². The van der Waals surface area contributed by atoms with Gasteiger partial charge in [-0.15, -0.1) is 13.2 Å². The molecule has 1 spiro atoms. The molecule has 7 nitrogen and oxygen atoms in total. The standard InChI is InChI=1S/C23H19F3N4O3/c1-27-19-12-28-18-5-3-2-4-16(18)17(19)13-29-21(32)30(20(31)22(29)10-11-22)14-6-8-15(9-7-14)33-23(24,25)26/h2-9,12,27H,10-11,13H2,1H3. The fourth-order valence-corrected chi connectivity index (χ4v) is 4.30. The first kappa shape index (κ1) is 21.0. The largest absolute Gasteiger partial charge is 0.573 e. The van der Waals surface area contributed by atoms with Gasteiger partial charge >= 0.3 is 12.4 Å². The van der Waals surface area contributed by atoms with Gasteiger partial charge in [-0.05, 0) is 43.2 Å². The summed E-state index contributed by atoms with van der Waals surface area (Å²) in [7, 11) is 1.76. The third-order valence-corrected chi connectivity index (χ3v) is 6.06. The van der Waals surface area contributed by atoms with E-state index in [1.165, 1.54) is 12.1 Å². The van der Waals surface area contributed by atoms with Crippen LogP contribution in [0.5, 0.6) is 5.75 Å². The number of halogens is 3. The molecule has 1 aliphatic heterocycles. The van der Waals surface area contributed by atoms with E-state index in [4.69, 9.17) is 0 Å². The van der Waals surface area contributed by atoms with Crippen molar-refractivity contribution in [3.63, 3.8) is 0 Å². The SMILES string of the molecule is CNc1cnc2ccccc2c1CN1C(=O)N(c2ccc(OC(F)(F)F)cc2)C(=O)C12CC2. The predicted molar refractivity (Wildman–Crippen MR) is 115 cm³/mol. The Morgan fingerprint density at radius 3 is 2.42 bits per heavy atom. The van der Waals surface area contributed by atoms with Gasteiger partial charge in [-0.3, -0.25) is 9.78 Å². The number of benzene rings is 2. The molecule has 1 aromatic heterocycles. The van der Waals surface area contributed by atoms with Crippen molar-refractivity contribution in [1.29, 1.82) is 0 Å². The second kappa shape index (κ2) is 7.36. The average Bonchev–Trinajstić information content (AvgIpc) is 3.55. The van der Waals surface area contributed by atoms with Crippen LogP contribution in [-0.2, 0) is 11.3 Å². The Balaban J connectivity index is 1.48. The molecule has 1 saturated heterocycles. The Kier molecular flexibility index (Phi) is 4.70. The second-order valence-electron chi connectivity index (χ2n) is 8.00. The molecule has 1 N–H and O–H groups in total. The Morgan fingerprint density at radius 2 is 1.79 bits per heavy atom. The number of fused-ring (bicyclic) bond motifs is 1. The minimum absolute atomic E-state index is 0.190. The van der Waals surface area contributed by atoms with E-state index < -0.39 is 23.7 Å². The molecular formula is C23H19F3N4O3. The summed E-state index contributed by atoms with van der Waals surface area (Å²) in [6.07, 6.45) is -2.08. The summed E-state index contributed by atoms with van der Waals surface area (Å²) in [5, 5.41) is 3.97. The fraction of sp³-hybridized carbons (Fsp3) is 0.261. The number of para-hydroxylation sites is 1. The number of pyridine rings is 1. The van der Waals surface area contributed by atoms with Crippen LogP contribution in [0.25, 0.3) is 10.9 Å². The van der Waals surface area contributed by atoms with E-state index in [0.29, 0.717) is 12.8 Å².